The monoisotopic (exact) mass is 290 g/mol. The quantitative estimate of drug-likeness (QED) is 0.811. The smallest absolute Gasteiger partial charge is 0.392 e. The van der Waals surface area contributed by atoms with Crippen molar-refractivity contribution in [1.82, 2.24) is 10.3 Å². The number of alkyl halides is 3. The van der Waals surface area contributed by atoms with E-state index in [0.29, 0.717) is 5.56 Å². The third kappa shape index (κ3) is 5.46. The molecule has 6 heteroatoms. The van der Waals surface area contributed by atoms with E-state index in [1.54, 1.807) is 12.1 Å². The fourth-order valence-electron chi connectivity index (χ4n) is 1.79. The van der Waals surface area contributed by atoms with E-state index >= 15 is 0 Å². The van der Waals surface area contributed by atoms with Crippen LogP contribution in [0.1, 0.15) is 25.8 Å². The number of halogens is 3. The van der Waals surface area contributed by atoms with Crippen LogP contribution < -0.4 is 5.32 Å². The Balaban J connectivity index is 2.62. The van der Waals surface area contributed by atoms with E-state index in [9.17, 15) is 18.3 Å². The molecule has 0 radical (unpaired) electrons. The van der Waals surface area contributed by atoms with Gasteiger partial charge in [0.05, 0.1) is 6.10 Å². The second-order valence-electron chi connectivity index (χ2n) is 5.01. The van der Waals surface area contributed by atoms with Crippen LogP contribution in [0, 0.1) is 5.92 Å². The average molecular weight is 290 g/mol. The standard InChI is InChI=1S/C14H21F3N2O/c1-3-10(2)12(20)9-19-13(14(15,16)17)8-11-4-6-18-7-5-11/h4-7,10,12-13,19-20H,3,8-9H2,1-2H3. The zero-order chi connectivity index (χ0) is 15.2. The molecule has 2 N–H and O–H groups in total. The molecule has 0 saturated heterocycles. The largest absolute Gasteiger partial charge is 0.404 e. The van der Waals surface area contributed by atoms with Gasteiger partial charge in [0.1, 0.15) is 6.04 Å². The van der Waals surface area contributed by atoms with Crippen molar-refractivity contribution < 1.29 is 18.3 Å². The van der Waals surface area contributed by atoms with Crippen LogP contribution in [0.3, 0.4) is 0 Å². The van der Waals surface area contributed by atoms with Crippen molar-refractivity contribution in [3.63, 3.8) is 0 Å². The molecule has 0 spiro atoms. The highest BCUT2D eigenvalue weighted by atomic mass is 19.4. The number of aliphatic hydroxyl groups excluding tert-OH is 1. The van der Waals surface area contributed by atoms with E-state index < -0.39 is 18.3 Å². The lowest BCUT2D eigenvalue weighted by Gasteiger charge is -2.25. The third-order valence-corrected chi connectivity index (χ3v) is 3.46. The van der Waals surface area contributed by atoms with Crippen molar-refractivity contribution in [2.45, 2.75) is 45.0 Å². The number of pyridine rings is 1. The molecule has 0 fully saturated rings. The normalized spacial score (nSPS) is 16.7. The lowest BCUT2D eigenvalue weighted by Crippen LogP contribution is -2.47. The Hall–Kier alpha value is -1.14. The number of hydrogen-bond acceptors (Lipinski definition) is 3. The molecule has 0 amide bonds. The van der Waals surface area contributed by atoms with Gasteiger partial charge >= 0.3 is 6.18 Å². The zero-order valence-electron chi connectivity index (χ0n) is 11.7. The number of aliphatic hydroxyl groups is 1. The number of rotatable bonds is 7. The molecule has 0 aliphatic rings. The first-order valence-electron chi connectivity index (χ1n) is 6.71. The summed E-state index contributed by atoms with van der Waals surface area (Å²) in [6, 6.07) is 1.46. The van der Waals surface area contributed by atoms with Crippen molar-refractivity contribution in [3.05, 3.63) is 30.1 Å². The molecule has 0 aliphatic heterocycles. The first-order valence-corrected chi connectivity index (χ1v) is 6.71. The molecular formula is C14H21F3N2O. The summed E-state index contributed by atoms with van der Waals surface area (Å²) in [4.78, 5) is 3.78. The molecular weight excluding hydrogens is 269 g/mol. The maximum Gasteiger partial charge on any atom is 0.404 e. The minimum Gasteiger partial charge on any atom is -0.392 e. The average Bonchev–Trinajstić information content (AvgIpc) is 2.42. The van der Waals surface area contributed by atoms with Crippen LogP contribution in [0.5, 0.6) is 0 Å². The molecule has 3 atom stereocenters. The van der Waals surface area contributed by atoms with Gasteiger partial charge in [-0.2, -0.15) is 13.2 Å². The summed E-state index contributed by atoms with van der Waals surface area (Å²) in [7, 11) is 0. The number of aromatic nitrogens is 1. The third-order valence-electron chi connectivity index (χ3n) is 3.46. The molecule has 0 bridgehead atoms. The second kappa shape index (κ2) is 7.59. The summed E-state index contributed by atoms with van der Waals surface area (Å²) < 4.78 is 38.9. The van der Waals surface area contributed by atoms with Gasteiger partial charge in [-0.3, -0.25) is 4.98 Å². The van der Waals surface area contributed by atoms with Gasteiger partial charge in [-0.05, 0) is 30.0 Å². The SMILES string of the molecule is CCC(C)C(O)CNC(Cc1ccncc1)C(F)(F)F. The summed E-state index contributed by atoms with van der Waals surface area (Å²) in [5.41, 5.74) is 0.563. The summed E-state index contributed by atoms with van der Waals surface area (Å²) in [5.74, 6) is -0.0303. The van der Waals surface area contributed by atoms with Crippen LogP contribution in [-0.4, -0.2) is 35.0 Å². The zero-order valence-corrected chi connectivity index (χ0v) is 11.7. The molecule has 20 heavy (non-hydrogen) atoms. The van der Waals surface area contributed by atoms with Gasteiger partial charge in [-0.1, -0.05) is 20.3 Å². The first-order chi connectivity index (χ1) is 9.34. The molecule has 114 valence electrons. The van der Waals surface area contributed by atoms with Crippen LogP contribution in [0.25, 0.3) is 0 Å². The van der Waals surface area contributed by atoms with Crippen molar-refractivity contribution >= 4 is 0 Å². The van der Waals surface area contributed by atoms with Crippen LogP contribution in [0.2, 0.25) is 0 Å². The topological polar surface area (TPSA) is 45.1 Å². The molecule has 3 nitrogen and oxygen atoms in total. The molecule has 1 rings (SSSR count). The van der Waals surface area contributed by atoms with Crippen LogP contribution in [-0.2, 0) is 6.42 Å². The Morgan fingerprint density at radius 3 is 2.40 bits per heavy atom. The first kappa shape index (κ1) is 16.9. The highest BCUT2D eigenvalue weighted by Crippen LogP contribution is 2.23. The Morgan fingerprint density at radius 2 is 1.90 bits per heavy atom. The van der Waals surface area contributed by atoms with Crippen molar-refractivity contribution in [2.24, 2.45) is 5.92 Å². The summed E-state index contributed by atoms with van der Waals surface area (Å²) in [6.45, 7) is 3.65. The summed E-state index contributed by atoms with van der Waals surface area (Å²) in [5, 5.41) is 12.2. The fraction of sp³-hybridized carbons (Fsp3) is 0.643. The predicted octanol–water partition coefficient (Wildman–Crippen LogP) is 2.55. The molecule has 0 aliphatic carbocycles. The molecule has 1 aromatic rings. The van der Waals surface area contributed by atoms with Crippen LogP contribution >= 0.6 is 0 Å². The number of nitrogens with zero attached hydrogens (tertiary/aromatic N) is 1. The second-order valence-corrected chi connectivity index (χ2v) is 5.01. The van der Waals surface area contributed by atoms with E-state index in [2.05, 4.69) is 10.3 Å². The lowest BCUT2D eigenvalue weighted by molar-refractivity contribution is -0.156. The molecule has 0 saturated carbocycles. The maximum atomic E-state index is 13.0. The van der Waals surface area contributed by atoms with E-state index in [0.717, 1.165) is 6.42 Å². The van der Waals surface area contributed by atoms with Crippen LogP contribution in [0.15, 0.2) is 24.5 Å². The Labute approximate surface area is 117 Å². The van der Waals surface area contributed by atoms with E-state index in [1.807, 2.05) is 13.8 Å². The predicted molar refractivity (Wildman–Crippen MR) is 71.2 cm³/mol. The van der Waals surface area contributed by atoms with Crippen molar-refractivity contribution in [1.29, 1.82) is 0 Å². The Kier molecular flexibility index (Phi) is 6.42. The minimum atomic E-state index is -4.35. The maximum absolute atomic E-state index is 13.0. The van der Waals surface area contributed by atoms with Gasteiger partial charge in [0.2, 0.25) is 0 Å². The van der Waals surface area contributed by atoms with Crippen molar-refractivity contribution in [3.8, 4) is 0 Å². The lowest BCUT2D eigenvalue weighted by atomic mass is 10.0. The minimum absolute atomic E-state index is 0.0303. The van der Waals surface area contributed by atoms with Gasteiger partial charge in [0, 0.05) is 18.9 Å². The molecule has 1 aromatic heterocycles. The van der Waals surface area contributed by atoms with Gasteiger partial charge in [0.25, 0.3) is 0 Å². The molecule has 0 aromatic carbocycles. The fourth-order valence-corrected chi connectivity index (χ4v) is 1.79. The van der Waals surface area contributed by atoms with Gasteiger partial charge in [-0.25, -0.2) is 0 Å². The molecule has 3 unspecified atom stereocenters. The van der Waals surface area contributed by atoms with Gasteiger partial charge < -0.3 is 10.4 Å². The highest BCUT2D eigenvalue weighted by Gasteiger charge is 2.39. The summed E-state index contributed by atoms with van der Waals surface area (Å²) >= 11 is 0. The number of hydrogen-bond donors (Lipinski definition) is 2. The van der Waals surface area contributed by atoms with Crippen molar-refractivity contribution in [2.75, 3.05) is 6.54 Å². The van der Waals surface area contributed by atoms with Crippen LogP contribution in [0.4, 0.5) is 13.2 Å². The van der Waals surface area contributed by atoms with E-state index in [-0.39, 0.29) is 18.9 Å². The molecule has 1 heterocycles. The Morgan fingerprint density at radius 1 is 1.30 bits per heavy atom. The van der Waals surface area contributed by atoms with E-state index in [4.69, 9.17) is 0 Å². The highest BCUT2D eigenvalue weighted by molar-refractivity contribution is 5.12. The summed E-state index contributed by atoms with van der Waals surface area (Å²) in [6.07, 6.45) is -1.63. The van der Waals surface area contributed by atoms with Gasteiger partial charge in [0.15, 0.2) is 0 Å². The van der Waals surface area contributed by atoms with Gasteiger partial charge in [-0.15, -0.1) is 0 Å². The number of nitrogens with one attached hydrogen (secondary N) is 1. The van der Waals surface area contributed by atoms with E-state index in [1.165, 1.54) is 12.4 Å². The Bertz CT molecular complexity index is 384.